The molecule has 2 aliphatic rings. The maximum atomic E-state index is 3.46. The van der Waals surface area contributed by atoms with E-state index in [0.29, 0.717) is 0 Å². The Labute approximate surface area is 49.7 Å². The molecule has 1 unspecified atom stereocenters. The lowest BCUT2D eigenvalue weighted by Gasteiger charge is -2.03. The smallest absolute Gasteiger partial charge is 0.0233 e. The van der Waals surface area contributed by atoms with E-state index in [1.54, 1.807) is 0 Å². The van der Waals surface area contributed by atoms with Crippen molar-refractivity contribution in [2.75, 3.05) is 19.6 Å². The second-order valence-electron chi connectivity index (χ2n) is 2.77. The molecule has 2 fully saturated rings. The molecule has 0 radical (unpaired) electrons. The zero-order valence-electron chi connectivity index (χ0n) is 4.98. The number of hydrogen-bond donors (Lipinski definition) is 2. The van der Waals surface area contributed by atoms with Gasteiger partial charge in [0, 0.05) is 12.6 Å². The van der Waals surface area contributed by atoms with E-state index in [1.165, 1.54) is 26.1 Å². The molecule has 2 atom stereocenters. The van der Waals surface area contributed by atoms with Crippen LogP contribution in [0.15, 0.2) is 0 Å². The highest BCUT2D eigenvalue weighted by Crippen LogP contribution is 2.17. The summed E-state index contributed by atoms with van der Waals surface area (Å²) in [6.07, 6.45) is 1.39. The van der Waals surface area contributed by atoms with Crippen molar-refractivity contribution in [3.8, 4) is 0 Å². The highest BCUT2D eigenvalue weighted by molar-refractivity contribution is 4.91. The van der Waals surface area contributed by atoms with Crippen LogP contribution in [0.3, 0.4) is 0 Å². The standard InChI is InChI=1S/C6H12N2/c1-2-8-6-4-7-3-5(1)6/h5-8H,1-4H2/t5?,6-/m1/s1. The maximum absolute atomic E-state index is 3.46. The Balaban J connectivity index is 2.04. The van der Waals surface area contributed by atoms with E-state index in [4.69, 9.17) is 0 Å². The van der Waals surface area contributed by atoms with E-state index in [0.717, 1.165) is 12.0 Å². The average Bonchev–Trinajstić information content (AvgIpc) is 2.15. The minimum absolute atomic E-state index is 0.815. The van der Waals surface area contributed by atoms with Gasteiger partial charge in [0.25, 0.3) is 0 Å². The van der Waals surface area contributed by atoms with Crippen LogP contribution in [-0.4, -0.2) is 25.7 Å². The molecule has 2 heterocycles. The van der Waals surface area contributed by atoms with Gasteiger partial charge in [-0.3, -0.25) is 0 Å². The first kappa shape index (κ1) is 4.77. The number of nitrogens with one attached hydrogen (secondary N) is 2. The number of fused-ring (bicyclic) bond motifs is 1. The molecular formula is C6H12N2. The summed E-state index contributed by atoms with van der Waals surface area (Å²) in [6, 6.07) is 0.815. The van der Waals surface area contributed by atoms with Gasteiger partial charge in [-0.25, -0.2) is 0 Å². The number of hydrogen-bond acceptors (Lipinski definition) is 2. The van der Waals surface area contributed by atoms with Crippen LogP contribution < -0.4 is 10.6 Å². The van der Waals surface area contributed by atoms with Gasteiger partial charge < -0.3 is 10.6 Å². The summed E-state index contributed by atoms with van der Waals surface area (Å²) < 4.78 is 0. The van der Waals surface area contributed by atoms with Crippen molar-refractivity contribution in [3.05, 3.63) is 0 Å². The van der Waals surface area contributed by atoms with Gasteiger partial charge in [-0.2, -0.15) is 0 Å². The van der Waals surface area contributed by atoms with Crippen LogP contribution >= 0.6 is 0 Å². The van der Waals surface area contributed by atoms with E-state index in [1.807, 2.05) is 0 Å². The molecule has 8 heavy (non-hydrogen) atoms. The molecule has 0 aromatic carbocycles. The molecule has 0 spiro atoms. The van der Waals surface area contributed by atoms with Crippen molar-refractivity contribution in [2.24, 2.45) is 5.92 Å². The third kappa shape index (κ3) is 0.565. The van der Waals surface area contributed by atoms with Crippen LogP contribution in [-0.2, 0) is 0 Å². The second kappa shape index (κ2) is 1.71. The van der Waals surface area contributed by atoms with Crippen LogP contribution in [0, 0.1) is 5.92 Å². The molecule has 0 aliphatic carbocycles. The first-order valence-electron chi connectivity index (χ1n) is 3.41. The van der Waals surface area contributed by atoms with Gasteiger partial charge in [0.15, 0.2) is 0 Å². The quantitative estimate of drug-likeness (QED) is 0.444. The minimum Gasteiger partial charge on any atom is -0.315 e. The first-order valence-corrected chi connectivity index (χ1v) is 3.41. The Hall–Kier alpha value is -0.0800. The Kier molecular flexibility index (Phi) is 1.02. The molecule has 0 aromatic rings. The van der Waals surface area contributed by atoms with E-state index >= 15 is 0 Å². The van der Waals surface area contributed by atoms with Crippen LogP contribution in [0.1, 0.15) is 6.42 Å². The van der Waals surface area contributed by atoms with Crippen molar-refractivity contribution >= 4 is 0 Å². The van der Waals surface area contributed by atoms with Crippen molar-refractivity contribution < 1.29 is 0 Å². The van der Waals surface area contributed by atoms with Gasteiger partial charge in [-0.05, 0) is 25.4 Å². The SMILES string of the molecule is C1CC2CNC[C@H]2N1. The molecule has 0 amide bonds. The highest BCUT2D eigenvalue weighted by atomic mass is 15.1. The van der Waals surface area contributed by atoms with Gasteiger partial charge in [0.05, 0.1) is 0 Å². The van der Waals surface area contributed by atoms with E-state index in [2.05, 4.69) is 10.6 Å². The zero-order chi connectivity index (χ0) is 5.40. The molecule has 2 aliphatic heterocycles. The molecule has 2 rings (SSSR count). The number of rotatable bonds is 0. The molecule has 2 N–H and O–H groups in total. The fraction of sp³-hybridized carbons (Fsp3) is 1.00. The van der Waals surface area contributed by atoms with E-state index < -0.39 is 0 Å². The largest absolute Gasteiger partial charge is 0.315 e. The summed E-state index contributed by atoms with van der Waals surface area (Å²) in [6.45, 7) is 3.69. The van der Waals surface area contributed by atoms with Gasteiger partial charge >= 0.3 is 0 Å². The Morgan fingerprint density at radius 3 is 3.12 bits per heavy atom. The highest BCUT2D eigenvalue weighted by Gasteiger charge is 2.30. The molecule has 0 saturated carbocycles. The predicted octanol–water partition coefficient (Wildman–Crippen LogP) is -0.432. The lowest BCUT2D eigenvalue weighted by molar-refractivity contribution is 0.555. The van der Waals surface area contributed by atoms with Gasteiger partial charge in [-0.1, -0.05) is 0 Å². The van der Waals surface area contributed by atoms with Crippen LogP contribution in [0.5, 0.6) is 0 Å². The molecule has 0 aromatic heterocycles. The normalized spacial score (nSPS) is 45.0. The van der Waals surface area contributed by atoms with E-state index in [-0.39, 0.29) is 0 Å². The van der Waals surface area contributed by atoms with E-state index in [9.17, 15) is 0 Å². The van der Waals surface area contributed by atoms with Crippen LogP contribution in [0.2, 0.25) is 0 Å². The summed E-state index contributed by atoms with van der Waals surface area (Å²) in [4.78, 5) is 0. The van der Waals surface area contributed by atoms with Crippen molar-refractivity contribution in [1.82, 2.24) is 10.6 Å². The fourth-order valence-corrected chi connectivity index (χ4v) is 1.73. The zero-order valence-corrected chi connectivity index (χ0v) is 4.98. The van der Waals surface area contributed by atoms with Crippen molar-refractivity contribution in [3.63, 3.8) is 0 Å². The Morgan fingerprint density at radius 2 is 2.25 bits per heavy atom. The van der Waals surface area contributed by atoms with Gasteiger partial charge in [0.1, 0.15) is 0 Å². The second-order valence-corrected chi connectivity index (χ2v) is 2.77. The lowest BCUT2D eigenvalue weighted by Crippen LogP contribution is -2.27. The summed E-state index contributed by atoms with van der Waals surface area (Å²) in [7, 11) is 0. The summed E-state index contributed by atoms with van der Waals surface area (Å²) in [5.41, 5.74) is 0. The van der Waals surface area contributed by atoms with Crippen molar-refractivity contribution in [1.29, 1.82) is 0 Å². The third-order valence-electron chi connectivity index (χ3n) is 2.26. The summed E-state index contributed by atoms with van der Waals surface area (Å²) >= 11 is 0. The molecule has 46 valence electrons. The first-order chi connectivity index (χ1) is 3.97. The molecule has 2 heteroatoms. The molecule has 2 nitrogen and oxygen atoms in total. The summed E-state index contributed by atoms with van der Waals surface area (Å²) in [5, 5.41) is 6.82. The molecule has 2 saturated heterocycles. The summed E-state index contributed by atoms with van der Waals surface area (Å²) in [5.74, 6) is 0.954. The maximum Gasteiger partial charge on any atom is 0.0233 e. The Bertz CT molecular complexity index is 72.5. The predicted molar refractivity (Wildman–Crippen MR) is 32.8 cm³/mol. The monoisotopic (exact) mass is 112 g/mol. The van der Waals surface area contributed by atoms with Gasteiger partial charge in [-0.15, -0.1) is 0 Å². The van der Waals surface area contributed by atoms with Gasteiger partial charge in [0.2, 0.25) is 0 Å². The van der Waals surface area contributed by atoms with Crippen LogP contribution in [0.25, 0.3) is 0 Å². The molecule has 0 bridgehead atoms. The topological polar surface area (TPSA) is 24.1 Å². The molecular weight excluding hydrogens is 100 g/mol. The Morgan fingerprint density at radius 1 is 1.25 bits per heavy atom. The lowest BCUT2D eigenvalue weighted by atomic mass is 10.1. The minimum atomic E-state index is 0.815. The van der Waals surface area contributed by atoms with Crippen molar-refractivity contribution in [2.45, 2.75) is 12.5 Å². The third-order valence-corrected chi connectivity index (χ3v) is 2.26. The average molecular weight is 112 g/mol. The van der Waals surface area contributed by atoms with Crippen LogP contribution in [0.4, 0.5) is 0 Å². The fourth-order valence-electron chi connectivity index (χ4n) is 1.73.